The van der Waals surface area contributed by atoms with Crippen molar-refractivity contribution in [3.63, 3.8) is 0 Å². The highest BCUT2D eigenvalue weighted by Gasteiger charge is 2.19. The maximum absolute atomic E-state index is 12.5. The molecule has 3 rings (SSSR count). The first kappa shape index (κ1) is 18.2. The Morgan fingerprint density at radius 2 is 1.67 bits per heavy atom. The highest BCUT2D eigenvalue weighted by atomic mass is 16.5. The molecule has 0 N–H and O–H groups in total. The van der Waals surface area contributed by atoms with Crippen molar-refractivity contribution >= 4 is 5.97 Å². The molecule has 0 amide bonds. The average Bonchev–Trinajstić information content (AvgIpc) is 3.20. The third-order valence-electron chi connectivity index (χ3n) is 3.77. The third-order valence-corrected chi connectivity index (χ3v) is 3.77. The first-order valence-electron chi connectivity index (χ1n) is 7.97. The molecule has 2 aromatic carbocycles. The standard InChI is InChI=1S/C18H18N4O5/c1-24-14-9-12(10-15(25-2)17(14)26-3)18(23)27-11-16-19-20-21-22(16)13-7-5-4-6-8-13/h4-10H,11H2,1-3H3. The second-order valence-corrected chi connectivity index (χ2v) is 5.33. The summed E-state index contributed by atoms with van der Waals surface area (Å²) in [4.78, 5) is 12.5. The summed E-state index contributed by atoms with van der Waals surface area (Å²) in [7, 11) is 4.43. The molecule has 3 aromatic rings. The molecule has 0 aliphatic heterocycles. The molecule has 9 nitrogen and oxygen atoms in total. The van der Waals surface area contributed by atoms with Crippen LogP contribution in [0.2, 0.25) is 0 Å². The summed E-state index contributed by atoms with van der Waals surface area (Å²) in [5.74, 6) is 0.930. The van der Waals surface area contributed by atoms with E-state index in [9.17, 15) is 4.79 Å². The van der Waals surface area contributed by atoms with Crippen molar-refractivity contribution in [2.45, 2.75) is 6.61 Å². The summed E-state index contributed by atoms with van der Waals surface area (Å²) in [5.41, 5.74) is 1.02. The number of benzene rings is 2. The Morgan fingerprint density at radius 3 is 2.26 bits per heavy atom. The highest BCUT2D eigenvalue weighted by Crippen LogP contribution is 2.38. The number of esters is 1. The number of methoxy groups -OCH3 is 3. The average molecular weight is 370 g/mol. The number of aromatic nitrogens is 4. The van der Waals surface area contributed by atoms with E-state index in [2.05, 4.69) is 15.5 Å². The molecule has 27 heavy (non-hydrogen) atoms. The fraction of sp³-hybridized carbons (Fsp3) is 0.222. The zero-order valence-electron chi connectivity index (χ0n) is 15.1. The number of ether oxygens (including phenoxy) is 4. The van der Waals surface area contributed by atoms with Crippen LogP contribution in [0, 0.1) is 0 Å². The van der Waals surface area contributed by atoms with Crippen LogP contribution in [0.5, 0.6) is 17.2 Å². The Hall–Kier alpha value is -3.62. The van der Waals surface area contributed by atoms with Gasteiger partial charge in [0.05, 0.1) is 32.6 Å². The van der Waals surface area contributed by atoms with Gasteiger partial charge in [-0.05, 0) is 34.7 Å². The molecular weight excluding hydrogens is 352 g/mol. The molecule has 0 aliphatic rings. The molecule has 1 heterocycles. The number of carbonyl (C=O) groups excluding carboxylic acids is 1. The maximum atomic E-state index is 12.5. The van der Waals surface area contributed by atoms with Crippen molar-refractivity contribution in [2.24, 2.45) is 0 Å². The SMILES string of the molecule is COc1cc(C(=O)OCc2nnnn2-c2ccccc2)cc(OC)c1OC. The van der Waals surface area contributed by atoms with Crippen LogP contribution < -0.4 is 14.2 Å². The summed E-state index contributed by atoms with van der Waals surface area (Å²) in [6, 6.07) is 12.3. The Labute approximate surface area is 155 Å². The lowest BCUT2D eigenvalue weighted by molar-refractivity contribution is 0.0458. The lowest BCUT2D eigenvalue weighted by Gasteiger charge is -2.13. The Morgan fingerprint density at radius 1 is 1.00 bits per heavy atom. The molecule has 0 bridgehead atoms. The largest absolute Gasteiger partial charge is 0.493 e. The van der Waals surface area contributed by atoms with Crippen molar-refractivity contribution < 1.29 is 23.7 Å². The highest BCUT2D eigenvalue weighted by molar-refractivity contribution is 5.91. The second-order valence-electron chi connectivity index (χ2n) is 5.33. The number of nitrogens with zero attached hydrogens (tertiary/aromatic N) is 4. The van der Waals surface area contributed by atoms with E-state index in [1.165, 1.54) is 38.1 Å². The fourth-order valence-electron chi connectivity index (χ4n) is 2.48. The number of hydrogen-bond acceptors (Lipinski definition) is 8. The van der Waals surface area contributed by atoms with Gasteiger partial charge >= 0.3 is 5.97 Å². The summed E-state index contributed by atoms with van der Waals surface area (Å²) < 4.78 is 22.6. The molecule has 140 valence electrons. The van der Waals surface area contributed by atoms with Crippen molar-refractivity contribution in [1.29, 1.82) is 0 Å². The Kier molecular flexibility index (Phi) is 5.50. The normalized spacial score (nSPS) is 10.3. The van der Waals surface area contributed by atoms with Crippen LogP contribution in [-0.4, -0.2) is 47.5 Å². The maximum Gasteiger partial charge on any atom is 0.338 e. The van der Waals surface area contributed by atoms with Crippen molar-refractivity contribution in [3.05, 3.63) is 53.9 Å². The molecule has 9 heteroatoms. The summed E-state index contributed by atoms with van der Waals surface area (Å²) in [6.07, 6.45) is 0. The van der Waals surface area contributed by atoms with Gasteiger partial charge in [-0.1, -0.05) is 18.2 Å². The lowest BCUT2D eigenvalue weighted by Crippen LogP contribution is -2.10. The van der Waals surface area contributed by atoms with E-state index in [0.717, 1.165) is 5.69 Å². The van der Waals surface area contributed by atoms with Gasteiger partial charge in [-0.15, -0.1) is 5.10 Å². The number of hydrogen-bond donors (Lipinski definition) is 0. The van der Waals surface area contributed by atoms with E-state index in [1.807, 2.05) is 30.3 Å². The fourth-order valence-corrected chi connectivity index (χ4v) is 2.48. The van der Waals surface area contributed by atoms with Crippen LogP contribution in [0.3, 0.4) is 0 Å². The summed E-state index contributed by atoms with van der Waals surface area (Å²) in [5, 5.41) is 11.5. The van der Waals surface area contributed by atoms with Crippen LogP contribution in [0.15, 0.2) is 42.5 Å². The van der Waals surface area contributed by atoms with Gasteiger partial charge in [0, 0.05) is 0 Å². The smallest absolute Gasteiger partial charge is 0.338 e. The van der Waals surface area contributed by atoms with Gasteiger partial charge in [-0.3, -0.25) is 0 Å². The van der Waals surface area contributed by atoms with Gasteiger partial charge < -0.3 is 18.9 Å². The first-order valence-corrected chi connectivity index (χ1v) is 7.97. The Bertz CT molecular complexity index is 902. The third kappa shape index (κ3) is 3.81. The molecule has 0 saturated heterocycles. The van der Waals surface area contributed by atoms with E-state index in [1.54, 1.807) is 0 Å². The van der Waals surface area contributed by atoms with Gasteiger partial charge in [0.25, 0.3) is 0 Å². The van der Waals surface area contributed by atoms with Gasteiger partial charge in [-0.25, -0.2) is 4.79 Å². The van der Waals surface area contributed by atoms with Crippen LogP contribution in [0.1, 0.15) is 16.2 Å². The molecular formula is C18H18N4O5. The molecule has 1 aromatic heterocycles. The van der Waals surface area contributed by atoms with Crippen LogP contribution >= 0.6 is 0 Å². The van der Waals surface area contributed by atoms with Gasteiger partial charge in [0.2, 0.25) is 5.75 Å². The van der Waals surface area contributed by atoms with Crippen molar-refractivity contribution in [1.82, 2.24) is 20.2 Å². The molecule has 0 radical (unpaired) electrons. The molecule has 0 atom stereocenters. The number of tetrazole rings is 1. The second kappa shape index (κ2) is 8.17. The van der Waals surface area contributed by atoms with E-state index >= 15 is 0 Å². The first-order chi connectivity index (χ1) is 13.2. The minimum atomic E-state index is -0.572. The Balaban J connectivity index is 1.79. The molecule has 0 saturated carbocycles. The molecule has 0 aliphatic carbocycles. The number of carbonyl (C=O) groups is 1. The zero-order chi connectivity index (χ0) is 19.2. The van der Waals surface area contributed by atoms with Crippen LogP contribution in [0.4, 0.5) is 0 Å². The topological polar surface area (TPSA) is 97.6 Å². The van der Waals surface area contributed by atoms with Crippen molar-refractivity contribution in [3.8, 4) is 22.9 Å². The van der Waals surface area contributed by atoms with E-state index < -0.39 is 5.97 Å². The van der Waals surface area contributed by atoms with E-state index in [0.29, 0.717) is 23.1 Å². The predicted molar refractivity (Wildman–Crippen MR) is 94.4 cm³/mol. The summed E-state index contributed by atoms with van der Waals surface area (Å²) in [6.45, 7) is -0.0998. The van der Waals surface area contributed by atoms with E-state index in [-0.39, 0.29) is 12.2 Å². The van der Waals surface area contributed by atoms with Crippen LogP contribution in [-0.2, 0) is 11.3 Å². The minimum Gasteiger partial charge on any atom is -0.493 e. The molecule has 0 spiro atoms. The number of para-hydroxylation sites is 1. The molecule has 0 fully saturated rings. The monoisotopic (exact) mass is 370 g/mol. The van der Waals surface area contributed by atoms with Gasteiger partial charge in [0.15, 0.2) is 23.9 Å². The predicted octanol–water partition coefficient (Wildman–Crippen LogP) is 2.05. The van der Waals surface area contributed by atoms with Crippen LogP contribution in [0.25, 0.3) is 5.69 Å². The van der Waals surface area contributed by atoms with Crippen molar-refractivity contribution in [2.75, 3.05) is 21.3 Å². The summed E-state index contributed by atoms with van der Waals surface area (Å²) >= 11 is 0. The lowest BCUT2D eigenvalue weighted by atomic mass is 10.2. The zero-order valence-corrected chi connectivity index (χ0v) is 15.1. The van der Waals surface area contributed by atoms with Gasteiger partial charge in [0.1, 0.15) is 0 Å². The quantitative estimate of drug-likeness (QED) is 0.583. The van der Waals surface area contributed by atoms with Gasteiger partial charge in [-0.2, -0.15) is 4.68 Å². The number of rotatable bonds is 7. The van der Waals surface area contributed by atoms with E-state index in [4.69, 9.17) is 18.9 Å². The molecule has 0 unspecified atom stereocenters. The minimum absolute atomic E-state index is 0.0998.